The Labute approximate surface area is 128 Å². The standard InChI is InChI=1S/C15H10BrFN2O2/c1-8-2-4-10(13(20)6-8)15-18-14(19-21-15)9-3-5-12(17)11(16)7-9/h2-7,20H,1H3. The minimum absolute atomic E-state index is 0.0745. The predicted octanol–water partition coefficient (Wildman–Crippen LogP) is 4.32. The number of benzene rings is 2. The van der Waals surface area contributed by atoms with E-state index in [1.54, 1.807) is 24.3 Å². The molecule has 1 aromatic heterocycles. The molecule has 21 heavy (non-hydrogen) atoms. The molecule has 0 atom stereocenters. The Hall–Kier alpha value is -2.21. The summed E-state index contributed by atoms with van der Waals surface area (Å²) in [6.07, 6.45) is 0. The van der Waals surface area contributed by atoms with Gasteiger partial charge in [0.1, 0.15) is 11.6 Å². The van der Waals surface area contributed by atoms with Crippen LogP contribution in [-0.2, 0) is 0 Å². The molecular weight excluding hydrogens is 339 g/mol. The van der Waals surface area contributed by atoms with Gasteiger partial charge in [0, 0.05) is 5.56 Å². The predicted molar refractivity (Wildman–Crippen MR) is 79.2 cm³/mol. The maximum absolute atomic E-state index is 13.2. The summed E-state index contributed by atoms with van der Waals surface area (Å²) in [6, 6.07) is 9.62. The first kappa shape index (κ1) is 13.8. The van der Waals surface area contributed by atoms with E-state index in [1.165, 1.54) is 6.07 Å². The van der Waals surface area contributed by atoms with E-state index in [2.05, 4.69) is 26.1 Å². The molecule has 0 spiro atoms. The molecule has 106 valence electrons. The van der Waals surface area contributed by atoms with Gasteiger partial charge in [-0.15, -0.1) is 0 Å². The van der Waals surface area contributed by atoms with Gasteiger partial charge in [-0.3, -0.25) is 0 Å². The Kier molecular flexibility index (Phi) is 3.47. The highest BCUT2D eigenvalue weighted by atomic mass is 79.9. The van der Waals surface area contributed by atoms with E-state index in [-0.39, 0.29) is 17.5 Å². The zero-order valence-corrected chi connectivity index (χ0v) is 12.6. The average molecular weight is 349 g/mol. The molecule has 0 saturated carbocycles. The van der Waals surface area contributed by atoms with Crippen molar-refractivity contribution in [1.29, 1.82) is 0 Å². The van der Waals surface area contributed by atoms with Crippen molar-refractivity contribution in [2.45, 2.75) is 6.92 Å². The molecule has 1 N–H and O–H groups in total. The number of phenols is 1. The molecule has 2 aromatic carbocycles. The lowest BCUT2D eigenvalue weighted by atomic mass is 10.1. The molecule has 1 heterocycles. The molecule has 0 aliphatic rings. The van der Waals surface area contributed by atoms with Gasteiger partial charge in [-0.2, -0.15) is 4.98 Å². The number of phenolic OH excluding ortho intramolecular Hbond substituents is 1. The molecular formula is C15H10BrFN2O2. The Bertz CT molecular complexity index is 817. The fourth-order valence-electron chi connectivity index (χ4n) is 1.91. The fourth-order valence-corrected chi connectivity index (χ4v) is 2.29. The minimum atomic E-state index is -0.362. The number of aromatic hydroxyl groups is 1. The highest BCUT2D eigenvalue weighted by Crippen LogP contribution is 2.30. The zero-order chi connectivity index (χ0) is 15.0. The molecule has 0 radical (unpaired) electrons. The Morgan fingerprint density at radius 3 is 2.71 bits per heavy atom. The third-order valence-electron chi connectivity index (χ3n) is 2.99. The first-order valence-corrected chi connectivity index (χ1v) is 6.93. The van der Waals surface area contributed by atoms with Gasteiger partial charge < -0.3 is 9.63 Å². The number of hydrogen-bond donors (Lipinski definition) is 1. The van der Waals surface area contributed by atoms with Crippen LogP contribution in [0.3, 0.4) is 0 Å². The van der Waals surface area contributed by atoms with E-state index in [0.29, 0.717) is 21.4 Å². The molecule has 0 unspecified atom stereocenters. The summed E-state index contributed by atoms with van der Waals surface area (Å²) in [5.41, 5.74) is 2.00. The maximum Gasteiger partial charge on any atom is 0.261 e. The molecule has 0 saturated heterocycles. The summed E-state index contributed by atoms with van der Waals surface area (Å²) >= 11 is 3.11. The second-order valence-electron chi connectivity index (χ2n) is 4.57. The van der Waals surface area contributed by atoms with E-state index < -0.39 is 0 Å². The van der Waals surface area contributed by atoms with Crippen LogP contribution in [0.15, 0.2) is 45.4 Å². The summed E-state index contributed by atoms with van der Waals surface area (Å²) in [5, 5.41) is 13.8. The highest BCUT2D eigenvalue weighted by Gasteiger charge is 2.14. The van der Waals surface area contributed by atoms with Crippen molar-refractivity contribution in [3.05, 3.63) is 52.3 Å². The summed E-state index contributed by atoms with van der Waals surface area (Å²) in [5.74, 6) is 0.248. The number of aryl methyl sites for hydroxylation is 1. The Balaban J connectivity index is 2.01. The van der Waals surface area contributed by atoms with E-state index in [1.807, 2.05) is 13.0 Å². The molecule has 0 aliphatic carbocycles. The van der Waals surface area contributed by atoms with E-state index in [0.717, 1.165) is 5.56 Å². The minimum Gasteiger partial charge on any atom is -0.507 e. The SMILES string of the molecule is Cc1ccc(-c2nc(-c3ccc(F)c(Br)c3)no2)c(O)c1. The lowest BCUT2D eigenvalue weighted by Gasteiger charge is -2.00. The van der Waals surface area contributed by atoms with Gasteiger partial charge in [0.2, 0.25) is 5.82 Å². The number of halogens is 2. The highest BCUT2D eigenvalue weighted by molar-refractivity contribution is 9.10. The van der Waals surface area contributed by atoms with E-state index in [4.69, 9.17) is 4.52 Å². The quantitative estimate of drug-likeness (QED) is 0.749. The lowest BCUT2D eigenvalue weighted by Crippen LogP contribution is -1.84. The van der Waals surface area contributed by atoms with Crippen molar-refractivity contribution in [3.63, 3.8) is 0 Å². The van der Waals surface area contributed by atoms with Gasteiger partial charge >= 0.3 is 0 Å². The summed E-state index contributed by atoms with van der Waals surface area (Å²) in [4.78, 5) is 4.23. The van der Waals surface area contributed by atoms with Crippen LogP contribution in [0, 0.1) is 12.7 Å². The van der Waals surface area contributed by atoms with Crippen molar-refractivity contribution < 1.29 is 14.0 Å². The van der Waals surface area contributed by atoms with Crippen LogP contribution in [0.1, 0.15) is 5.56 Å². The topological polar surface area (TPSA) is 59.2 Å². The number of hydrogen-bond acceptors (Lipinski definition) is 4. The Morgan fingerprint density at radius 1 is 1.19 bits per heavy atom. The first-order valence-electron chi connectivity index (χ1n) is 6.14. The molecule has 3 aromatic rings. The van der Waals surface area contributed by atoms with Crippen molar-refractivity contribution in [3.8, 4) is 28.6 Å². The average Bonchev–Trinajstić information content (AvgIpc) is 2.91. The van der Waals surface area contributed by atoms with Crippen LogP contribution >= 0.6 is 15.9 Å². The smallest absolute Gasteiger partial charge is 0.261 e. The van der Waals surface area contributed by atoms with Crippen LogP contribution < -0.4 is 0 Å². The van der Waals surface area contributed by atoms with Gasteiger partial charge in [0.05, 0.1) is 10.0 Å². The van der Waals surface area contributed by atoms with Gasteiger partial charge in [0.15, 0.2) is 0 Å². The van der Waals surface area contributed by atoms with Gasteiger partial charge in [-0.1, -0.05) is 11.2 Å². The summed E-state index contributed by atoms with van der Waals surface area (Å²) < 4.78 is 18.7. The number of nitrogens with zero attached hydrogens (tertiary/aromatic N) is 2. The summed E-state index contributed by atoms with van der Waals surface area (Å²) in [7, 11) is 0. The number of aromatic nitrogens is 2. The lowest BCUT2D eigenvalue weighted by molar-refractivity contribution is 0.425. The first-order chi connectivity index (χ1) is 10.0. The third-order valence-corrected chi connectivity index (χ3v) is 3.60. The van der Waals surface area contributed by atoms with E-state index >= 15 is 0 Å². The zero-order valence-electron chi connectivity index (χ0n) is 11.0. The molecule has 3 rings (SSSR count). The van der Waals surface area contributed by atoms with Crippen molar-refractivity contribution in [1.82, 2.24) is 10.1 Å². The van der Waals surface area contributed by atoms with E-state index in [9.17, 15) is 9.50 Å². The van der Waals surface area contributed by atoms with Crippen molar-refractivity contribution in [2.75, 3.05) is 0 Å². The molecule has 0 fully saturated rings. The van der Waals surface area contributed by atoms with Crippen LogP contribution in [0.5, 0.6) is 5.75 Å². The molecule has 0 amide bonds. The number of rotatable bonds is 2. The largest absolute Gasteiger partial charge is 0.507 e. The van der Waals surface area contributed by atoms with Gasteiger partial charge in [0.25, 0.3) is 5.89 Å². The molecule has 0 aliphatic heterocycles. The maximum atomic E-state index is 13.2. The third kappa shape index (κ3) is 2.67. The molecule has 0 bridgehead atoms. The van der Waals surface area contributed by atoms with Crippen LogP contribution in [-0.4, -0.2) is 15.2 Å². The van der Waals surface area contributed by atoms with Gasteiger partial charge in [-0.25, -0.2) is 4.39 Å². The molecule has 4 nitrogen and oxygen atoms in total. The fraction of sp³-hybridized carbons (Fsp3) is 0.0667. The van der Waals surface area contributed by atoms with Crippen molar-refractivity contribution in [2.24, 2.45) is 0 Å². The normalized spacial score (nSPS) is 10.8. The molecule has 6 heteroatoms. The van der Waals surface area contributed by atoms with Crippen LogP contribution in [0.4, 0.5) is 4.39 Å². The second kappa shape index (κ2) is 5.29. The van der Waals surface area contributed by atoms with Crippen LogP contribution in [0.2, 0.25) is 0 Å². The second-order valence-corrected chi connectivity index (χ2v) is 5.43. The summed E-state index contributed by atoms with van der Waals surface area (Å²) in [6.45, 7) is 1.87. The van der Waals surface area contributed by atoms with Gasteiger partial charge in [-0.05, 0) is 58.7 Å². The monoisotopic (exact) mass is 348 g/mol. The van der Waals surface area contributed by atoms with Crippen LogP contribution in [0.25, 0.3) is 22.8 Å². The van der Waals surface area contributed by atoms with Crippen molar-refractivity contribution >= 4 is 15.9 Å². The Morgan fingerprint density at radius 2 is 2.00 bits per heavy atom.